The summed E-state index contributed by atoms with van der Waals surface area (Å²) in [5.41, 5.74) is 7.44. The van der Waals surface area contributed by atoms with Gasteiger partial charge in [0.05, 0.1) is 6.42 Å². The molecule has 0 bridgehead atoms. The second-order valence-electron chi connectivity index (χ2n) is 6.10. The number of hydrogen-bond donors (Lipinski definition) is 1. The largest absolute Gasteiger partial charge is 0.489 e. The van der Waals surface area contributed by atoms with E-state index in [1.165, 1.54) is 12.4 Å². The van der Waals surface area contributed by atoms with Crippen LogP contribution in [0.2, 0.25) is 0 Å². The van der Waals surface area contributed by atoms with Crippen molar-refractivity contribution in [3.8, 4) is 5.75 Å². The zero-order valence-electron chi connectivity index (χ0n) is 16.0. The average Bonchev–Trinajstić information content (AvgIpc) is 2.72. The molecule has 0 heterocycles. The Morgan fingerprint density at radius 3 is 2.39 bits per heavy atom. The number of nitrogens with two attached hydrogens (primary N) is 1. The monoisotopic (exact) mass is 380 g/mol. The lowest BCUT2D eigenvalue weighted by Gasteiger charge is -2.13. The van der Waals surface area contributed by atoms with Crippen LogP contribution in [0.25, 0.3) is 0 Å². The van der Waals surface area contributed by atoms with E-state index in [1.807, 2.05) is 30.3 Å². The molecule has 6 nitrogen and oxygen atoms in total. The van der Waals surface area contributed by atoms with Crippen molar-refractivity contribution in [1.82, 2.24) is 0 Å². The van der Waals surface area contributed by atoms with E-state index in [0.717, 1.165) is 5.56 Å². The van der Waals surface area contributed by atoms with Crippen molar-refractivity contribution in [3.05, 3.63) is 77.5 Å². The molecule has 0 saturated carbocycles. The number of nitrogens with zero attached hydrogens (tertiary/aromatic N) is 1. The van der Waals surface area contributed by atoms with Crippen molar-refractivity contribution in [3.63, 3.8) is 0 Å². The third-order valence-corrected chi connectivity index (χ3v) is 3.92. The smallest absolute Gasteiger partial charge is 0.311 e. The lowest BCUT2D eigenvalue weighted by atomic mass is 10.1. The van der Waals surface area contributed by atoms with Gasteiger partial charge in [-0.15, -0.1) is 0 Å². The number of carbonyl (C=O) groups is 2. The van der Waals surface area contributed by atoms with Crippen molar-refractivity contribution < 1.29 is 19.1 Å². The number of ether oxygens (including phenoxy) is 2. The predicted molar refractivity (Wildman–Crippen MR) is 108 cm³/mol. The van der Waals surface area contributed by atoms with Gasteiger partial charge in [-0.1, -0.05) is 30.3 Å². The molecule has 0 aromatic heterocycles. The van der Waals surface area contributed by atoms with E-state index in [4.69, 9.17) is 15.2 Å². The number of esters is 1. The third kappa shape index (κ3) is 6.39. The maximum atomic E-state index is 12.5. The second kappa shape index (κ2) is 10.7. The van der Waals surface area contributed by atoms with Crippen LogP contribution in [-0.2, 0) is 16.1 Å². The van der Waals surface area contributed by atoms with Gasteiger partial charge in [-0.25, -0.2) is 0 Å². The molecular weight excluding hydrogens is 356 g/mol. The summed E-state index contributed by atoms with van der Waals surface area (Å²) < 4.78 is 10.9. The fraction of sp³-hybridized carbons (Fsp3) is 0.227. The predicted octanol–water partition coefficient (Wildman–Crippen LogP) is 3.31. The number of benzene rings is 2. The van der Waals surface area contributed by atoms with Gasteiger partial charge in [-0.3, -0.25) is 14.6 Å². The summed E-state index contributed by atoms with van der Waals surface area (Å²) in [6, 6.07) is 16.5. The van der Waals surface area contributed by atoms with Gasteiger partial charge in [0.15, 0.2) is 6.10 Å². The molecule has 0 spiro atoms. The first-order chi connectivity index (χ1) is 13.5. The fourth-order valence-electron chi connectivity index (χ4n) is 2.46. The molecule has 0 fully saturated rings. The molecule has 0 aliphatic rings. The Morgan fingerprint density at radius 1 is 1.11 bits per heavy atom. The number of aliphatic imine (C=N–C) groups is 1. The third-order valence-electron chi connectivity index (χ3n) is 3.92. The highest BCUT2D eigenvalue weighted by molar-refractivity contribution is 6.00. The number of carbonyl (C=O) groups excluding carboxylic acids is 2. The van der Waals surface area contributed by atoms with Gasteiger partial charge >= 0.3 is 5.97 Å². The minimum absolute atomic E-state index is 0.0439. The Labute approximate surface area is 164 Å². The van der Waals surface area contributed by atoms with Gasteiger partial charge in [-0.05, 0) is 48.5 Å². The lowest BCUT2D eigenvalue weighted by molar-refractivity contribution is -0.145. The molecule has 0 amide bonds. The summed E-state index contributed by atoms with van der Waals surface area (Å²) in [6.07, 6.45) is 1.82. The normalized spacial score (nSPS) is 12.6. The molecule has 1 atom stereocenters. The molecule has 0 radical (unpaired) electrons. The van der Waals surface area contributed by atoms with E-state index in [0.29, 0.717) is 23.5 Å². The first kappa shape index (κ1) is 20.9. The second-order valence-corrected chi connectivity index (χ2v) is 6.10. The Bertz CT molecular complexity index is 843. The molecule has 28 heavy (non-hydrogen) atoms. The van der Waals surface area contributed by atoms with E-state index in [1.54, 1.807) is 38.2 Å². The van der Waals surface area contributed by atoms with Gasteiger partial charge in [0.25, 0.3) is 0 Å². The van der Waals surface area contributed by atoms with Gasteiger partial charge < -0.3 is 15.2 Å². The highest BCUT2D eigenvalue weighted by Gasteiger charge is 2.20. The van der Waals surface area contributed by atoms with Gasteiger partial charge in [-0.2, -0.15) is 0 Å². The van der Waals surface area contributed by atoms with Crippen LogP contribution in [-0.4, -0.2) is 31.1 Å². The Balaban J connectivity index is 1.89. The number of rotatable bonds is 9. The van der Waals surface area contributed by atoms with Gasteiger partial charge in [0.2, 0.25) is 5.78 Å². The molecule has 6 heteroatoms. The molecule has 1 unspecified atom stereocenters. The number of ketones is 1. The standard InChI is InChI=1S/C22H24N2O4/c1-16(28-21(25)12-18(13-23)14-24-2)22(26)19-8-10-20(11-9-19)27-15-17-6-4-3-5-7-17/h3-11,13-14,16H,12,15,23H2,1-2H3. The molecule has 2 aromatic rings. The fourth-order valence-corrected chi connectivity index (χ4v) is 2.46. The quantitative estimate of drug-likeness (QED) is 0.409. The summed E-state index contributed by atoms with van der Waals surface area (Å²) in [6.45, 7) is 1.99. The maximum Gasteiger partial charge on any atom is 0.311 e. The van der Waals surface area contributed by atoms with E-state index in [-0.39, 0.29) is 12.2 Å². The zero-order valence-corrected chi connectivity index (χ0v) is 16.0. The van der Waals surface area contributed by atoms with Gasteiger partial charge in [0.1, 0.15) is 12.4 Å². The van der Waals surface area contributed by atoms with Crippen molar-refractivity contribution in [2.45, 2.75) is 26.1 Å². The van der Waals surface area contributed by atoms with Crippen molar-refractivity contribution in [1.29, 1.82) is 0 Å². The van der Waals surface area contributed by atoms with Crippen molar-refractivity contribution in [2.24, 2.45) is 10.7 Å². The zero-order chi connectivity index (χ0) is 20.4. The van der Waals surface area contributed by atoms with Crippen LogP contribution in [0.4, 0.5) is 0 Å². The van der Waals surface area contributed by atoms with E-state index in [2.05, 4.69) is 4.99 Å². The summed E-state index contributed by atoms with van der Waals surface area (Å²) >= 11 is 0. The Hall–Kier alpha value is -3.41. The first-order valence-corrected chi connectivity index (χ1v) is 8.87. The summed E-state index contributed by atoms with van der Waals surface area (Å²) in [7, 11) is 1.58. The SMILES string of the molecule is CN=CC(=CN)CC(=O)OC(C)C(=O)c1ccc(OCc2ccccc2)cc1. The molecule has 0 aliphatic carbocycles. The minimum atomic E-state index is -0.902. The Morgan fingerprint density at radius 2 is 1.79 bits per heavy atom. The first-order valence-electron chi connectivity index (χ1n) is 8.87. The Kier molecular flexibility index (Phi) is 7.96. The van der Waals surface area contributed by atoms with E-state index >= 15 is 0 Å². The molecule has 0 saturated heterocycles. The highest BCUT2D eigenvalue weighted by Crippen LogP contribution is 2.16. The van der Waals surface area contributed by atoms with Crippen LogP contribution < -0.4 is 10.5 Å². The van der Waals surface area contributed by atoms with E-state index in [9.17, 15) is 9.59 Å². The summed E-state index contributed by atoms with van der Waals surface area (Å²) in [5, 5.41) is 0. The van der Waals surface area contributed by atoms with Crippen molar-refractivity contribution in [2.75, 3.05) is 7.05 Å². The molecular formula is C22H24N2O4. The summed E-state index contributed by atoms with van der Waals surface area (Å²) in [4.78, 5) is 28.2. The van der Waals surface area contributed by atoms with Crippen LogP contribution in [0.3, 0.4) is 0 Å². The van der Waals surface area contributed by atoms with Crippen LogP contribution >= 0.6 is 0 Å². The number of Topliss-reactive ketones (excluding diaryl/α,β-unsaturated/α-hetero) is 1. The molecule has 2 N–H and O–H groups in total. The highest BCUT2D eigenvalue weighted by atomic mass is 16.5. The van der Waals surface area contributed by atoms with E-state index < -0.39 is 12.1 Å². The molecule has 146 valence electrons. The van der Waals surface area contributed by atoms with Crippen LogP contribution in [0.15, 0.2) is 71.4 Å². The van der Waals surface area contributed by atoms with Crippen LogP contribution in [0.1, 0.15) is 29.3 Å². The summed E-state index contributed by atoms with van der Waals surface area (Å²) in [5.74, 6) is -0.174. The topological polar surface area (TPSA) is 91.0 Å². The van der Waals surface area contributed by atoms with Gasteiger partial charge in [0, 0.05) is 18.8 Å². The maximum absolute atomic E-state index is 12.5. The van der Waals surface area contributed by atoms with Crippen molar-refractivity contribution >= 4 is 18.0 Å². The average molecular weight is 380 g/mol. The van der Waals surface area contributed by atoms with Crippen LogP contribution in [0.5, 0.6) is 5.75 Å². The molecule has 0 aliphatic heterocycles. The lowest BCUT2D eigenvalue weighted by Crippen LogP contribution is -2.24. The molecule has 2 aromatic carbocycles. The minimum Gasteiger partial charge on any atom is -0.489 e. The molecule has 2 rings (SSSR count). The van der Waals surface area contributed by atoms with Crippen LogP contribution in [0, 0.1) is 0 Å². The number of hydrogen-bond acceptors (Lipinski definition) is 6.